The summed E-state index contributed by atoms with van der Waals surface area (Å²) in [7, 11) is 1.63. The van der Waals surface area contributed by atoms with E-state index in [0.29, 0.717) is 5.75 Å². The molecule has 0 N–H and O–H groups in total. The average molecular weight is 279 g/mol. The molecule has 82 valence electrons. The molecular weight excluding hydrogens is 268 g/mol. The molecule has 0 heterocycles. The number of methoxy groups -OCH3 is 1. The Labute approximate surface area is 103 Å². The molecule has 0 amide bonds. The predicted octanol–water partition coefficient (Wildman–Crippen LogP) is 4.25. The van der Waals surface area contributed by atoms with Gasteiger partial charge in [-0.2, -0.15) is 0 Å². The van der Waals surface area contributed by atoms with Gasteiger partial charge >= 0.3 is 0 Å². The van der Waals surface area contributed by atoms with Crippen LogP contribution in [-0.2, 0) is 0 Å². The molecule has 0 saturated carbocycles. The summed E-state index contributed by atoms with van der Waals surface area (Å²) in [6.45, 7) is 0. The van der Waals surface area contributed by atoms with Crippen molar-refractivity contribution in [1.82, 2.24) is 0 Å². The van der Waals surface area contributed by atoms with Crippen LogP contribution in [0.25, 0.3) is 0 Å². The van der Waals surface area contributed by atoms with E-state index in [-0.39, 0.29) is 0 Å². The molecule has 2 aromatic carbocycles. The van der Waals surface area contributed by atoms with E-state index in [1.54, 1.807) is 7.11 Å². The van der Waals surface area contributed by atoms with Gasteiger partial charge in [0.25, 0.3) is 0 Å². The minimum Gasteiger partial charge on any atom is -0.493 e. The largest absolute Gasteiger partial charge is 0.493 e. The van der Waals surface area contributed by atoms with Gasteiger partial charge in [-0.05, 0) is 30.3 Å². The standard InChI is InChI=1S/C13H11BrO2/c1-15-12-7-2-3-8-13(12)16-11-6-4-5-10(14)9-11/h2-9H,1H3. The molecule has 0 aliphatic heterocycles. The first-order valence-corrected chi connectivity index (χ1v) is 5.65. The number of para-hydroxylation sites is 2. The highest BCUT2D eigenvalue weighted by Gasteiger charge is 2.03. The third-order valence-electron chi connectivity index (χ3n) is 2.09. The summed E-state index contributed by atoms with van der Waals surface area (Å²) < 4.78 is 11.9. The number of benzene rings is 2. The zero-order valence-electron chi connectivity index (χ0n) is 8.81. The predicted molar refractivity (Wildman–Crippen MR) is 67.2 cm³/mol. The number of ether oxygens (including phenoxy) is 2. The summed E-state index contributed by atoms with van der Waals surface area (Å²) in [5.74, 6) is 2.21. The fourth-order valence-corrected chi connectivity index (χ4v) is 1.74. The Balaban J connectivity index is 2.26. The Hall–Kier alpha value is -1.48. The SMILES string of the molecule is COc1ccccc1Oc1cccc(Br)c1. The zero-order valence-corrected chi connectivity index (χ0v) is 10.4. The lowest BCUT2D eigenvalue weighted by Gasteiger charge is -2.09. The van der Waals surface area contributed by atoms with Crippen molar-refractivity contribution < 1.29 is 9.47 Å². The number of hydrogen-bond acceptors (Lipinski definition) is 2. The van der Waals surface area contributed by atoms with Gasteiger partial charge in [0.2, 0.25) is 0 Å². The summed E-state index contributed by atoms with van der Waals surface area (Å²) in [5, 5.41) is 0. The fourth-order valence-electron chi connectivity index (χ4n) is 1.36. The molecule has 0 fully saturated rings. The summed E-state index contributed by atoms with van der Waals surface area (Å²) in [6, 6.07) is 15.3. The van der Waals surface area contributed by atoms with Crippen molar-refractivity contribution in [1.29, 1.82) is 0 Å². The lowest BCUT2D eigenvalue weighted by atomic mass is 10.3. The molecule has 0 bridgehead atoms. The number of hydrogen-bond donors (Lipinski definition) is 0. The van der Waals surface area contributed by atoms with Gasteiger partial charge in [-0.1, -0.05) is 34.1 Å². The maximum absolute atomic E-state index is 5.73. The van der Waals surface area contributed by atoms with Gasteiger partial charge in [-0.25, -0.2) is 0 Å². The molecule has 2 aromatic rings. The average Bonchev–Trinajstić information content (AvgIpc) is 2.30. The molecule has 0 aromatic heterocycles. The number of rotatable bonds is 3. The third-order valence-corrected chi connectivity index (χ3v) is 2.59. The maximum Gasteiger partial charge on any atom is 0.169 e. The van der Waals surface area contributed by atoms with Crippen LogP contribution >= 0.6 is 15.9 Å². The lowest BCUT2D eigenvalue weighted by molar-refractivity contribution is 0.379. The Morgan fingerprint density at radius 1 is 0.938 bits per heavy atom. The summed E-state index contributed by atoms with van der Waals surface area (Å²) in [4.78, 5) is 0. The van der Waals surface area contributed by atoms with Crippen molar-refractivity contribution >= 4 is 15.9 Å². The summed E-state index contributed by atoms with van der Waals surface area (Å²) >= 11 is 3.40. The molecule has 0 unspecified atom stereocenters. The van der Waals surface area contributed by atoms with Crippen molar-refractivity contribution in [3.63, 3.8) is 0 Å². The highest BCUT2D eigenvalue weighted by molar-refractivity contribution is 9.10. The van der Waals surface area contributed by atoms with Gasteiger partial charge in [0.15, 0.2) is 11.5 Å². The normalized spacial score (nSPS) is 9.88. The van der Waals surface area contributed by atoms with E-state index < -0.39 is 0 Å². The molecule has 0 spiro atoms. The second-order valence-corrected chi connectivity index (χ2v) is 4.13. The van der Waals surface area contributed by atoms with Crippen molar-refractivity contribution in [2.75, 3.05) is 7.11 Å². The Kier molecular flexibility index (Phi) is 3.47. The van der Waals surface area contributed by atoms with Gasteiger partial charge < -0.3 is 9.47 Å². The molecule has 2 nitrogen and oxygen atoms in total. The maximum atomic E-state index is 5.73. The van der Waals surface area contributed by atoms with E-state index in [1.165, 1.54) is 0 Å². The molecule has 0 atom stereocenters. The van der Waals surface area contributed by atoms with E-state index in [2.05, 4.69) is 15.9 Å². The van der Waals surface area contributed by atoms with Crippen LogP contribution in [-0.4, -0.2) is 7.11 Å². The van der Waals surface area contributed by atoms with Crippen molar-refractivity contribution in [3.8, 4) is 17.2 Å². The fraction of sp³-hybridized carbons (Fsp3) is 0.0769. The first-order chi connectivity index (χ1) is 7.79. The van der Waals surface area contributed by atoms with Gasteiger partial charge in [-0.3, -0.25) is 0 Å². The smallest absolute Gasteiger partial charge is 0.169 e. The first kappa shape index (κ1) is 11.0. The highest BCUT2D eigenvalue weighted by Crippen LogP contribution is 2.31. The lowest BCUT2D eigenvalue weighted by Crippen LogP contribution is -1.89. The quantitative estimate of drug-likeness (QED) is 0.836. The summed E-state index contributed by atoms with van der Waals surface area (Å²) in [6.07, 6.45) is 0. The van der Waals surface area contributed by atoms with E-state index in [0.717, 1.165) is 16.0 Å². The molecular formula is C13H11BrO2. The van der Waals surface area contributed by atoms with E-state index in [4.69, 9.17) is 9.47 Å². The van der Waals surface area contributed by atoms with Gasteiger partial charge in [0.05, 0.1) is 7.11 Å². The van der Waals surface area contributed by atoms with Gasteiger partial charge in [-0.15, -0.1) is 0 Å². The summed E-state index contributed by atoms with van der Waals surface area (Å²) in [5.41, 5.74) is 0. The first-order valence-electron chi connectivity index (χ1n) is 4.86. The molecule has 0 saturated heterocycles. The molecule has 2 rings (SSSR count). The van der Waals surface area contributed by atoms with Crippen molar-refractivity contribution in [3.05, 3.63) is 53.0 Å². The number of halogens is 1. The van der Waals surface area contributed by atoms with E-state index in [9.17, 15) is 0 Å². The molecule has 0 radical (unpaired) electrons. The minimum atomic E-state index is 0.711. The van der Waals surface area contributed by atoms with Crippen LogP contribution in [0.4, 0.5) is 0 Å². The Bertz CT molecular complexity index is 483. The van der Waals surface area contributed by atoms with Crippen LogP contribution in [0.1, 0.15) is 0 Å². The molecule has 3 heteroatoms. The minimum absolute atomic E-state index is 0.711. The topological polar surface area (TPSA) is 18.5 Å². The third kappa shape index (κ3) is 2.55. The molecule has 0 aliphatic rings. The van der Waals surface area contributed by atoms with Crippen LogP contribution in [0.15, 0.2) is 53.0 Å². The van der Waals surface area contributed by atoms with Crippen LogP contribution in [0, 0.1) is 0 Å². The van der Waals surface area contributed by atoms with E-state index >= 15 is 0 Å². The van der Waals surface area contributed by atoms with Gasteiger partial charge in [0.1, 0.15) is 5.75 Å². The van der Waals surface area contributed by atoms with Crippen LogP contribution in [0.5, 0.6) is 17.2 Å². The van der Waals surface area contributed by atoms with Crippen LogP contribution in [0.2, 0.25) is 0 Å². The highest BCUT2D eigenvalue weighted by atomic mass is 79.9. The van der Waals surface area contributed by atoms with Crippen LogP contribution < -0.4 is 9.47 Å². The monoisotopic (exact) mass is 278 g/mol. The second kappa shape index (κ2) is 5.03. The van der Waals surface area contributed by atoms with E-state index in [1.807, 2.05) is 48.5 Å². The zero-order chi connectivity index (χ0) is 11.4. The Morgan fingerprint density at radius 3 is 2.38 bits per heavy atom. The van der Waals surface area contributed by atoms with Crippen LogP contribution in [0.3, 0.4) is 0 Å². The molecule has 16 heavy (non-hydrogen) atoms. The van der Waals surface area contributed by atoms with Gasteiger partial charge in [0, 0.05) is 4.47 Å². The second-order valence-electron chi connectivity index (χ2n) is 3.21. The Morgan fingerprint density at radius 2 is 1.69 bits per heavy atom. The van der Waals surface area contributed by atoms with Crippen molar-refractivity contribution in [2.45, 2.75) is 0 Å². The molecule has 0 aliphatic carbocycles. The van der Waals surface area contributed by atoms with Crippen molar-refractivity contribution in [2.24, 2.45) is 0 Å².